The fraction of sp³-hybridized carbons (Fsp3) is 0.273. The number of benzene rings is 2. The number of fused-ring (bicyclic) bond motifs is 3. The van der Waals surface area contributed by atoms with E-state index in [-0.39, 0.29) is 23.6 Å². The normalized spacial score (nSPS) is 18.5. The van der Waals surface area contributed by atoms with Crippen LogP contribution in [0, 0.1) is 0 Å². The molecule has 0 fully saturated rings. The van der Waals surface area contributed by atoms with Crippen molar-refractivity contribution in [1.82, 2.24) is 10.2 Å². The van der Waals surface area contributed by atoms with Crippen LogP contribution in [-0.4, -0.2) is 39.5 Å². The lowest BCUT2D eigenvalue weighted by Crippen LogP contribution is -2.41. The molecule has 2 aromatic rings. The summed E-state index contributed by atoms with van der Waals surface area (Å²) in [6.45, 7) is 3.99. The molecule has 2 aliphatic heterocycles. The Bertz CT molecular complexity index is 1000. The Balaban J connectivity index is 1.64. The van der Waals surface area contributed by atoms with Gasteiger partial charge in [0.25, 0.3) is 5.91 Å². The van der Waals surface area contributed by atoms with E-state index in [1.807, 2.05) is 68.4 Å². The molecule has 0 saturated carbocycles. The molecular formula is C22H22N4O2S. The maximum absolute atomic E-state index is 13.2. The fourth-order valence-corrected chi connectivity index (χ4v) is 4.06. The molecule has 2 aromatic carbocycles. The van der Waals surface area contributed by atoms with Crippen LogP contribution in [0.4, 0.5) is 5.69 Å². The van der Waals surface area contributed by atoms with Crippen molar-refractivity contribution >= 4 is 40.3 Å². The molecule has 2 heterocycles. The van der Waals surface area contributed by atoms with Crippen molar-refractivity contribution in [1.29, 1.82) is 0 Å². The molecular weight excluding hydrogens is 384 g/mol. The molecule has 0 bridgehead atoms. The Morgan fingerprint density at radius 2 is 1.90 bits per heavy atom. The maximum atomic E-state index is 13.2. The first-order valence-electron chi connectivity index (χ1n) is 9.65. The van der Waals surface area contributed by atoms with Gasteiger partial charge in [-0.2, -0.15) is 0 Å². The number of amides is 2. The minimum atomic E-state index is -0.600. The van der Waals surface area contributed by atoms with Crippen molar-refractivity contribution in [2.45, 2.75) is 32.4 Å². The average molecular weight is 407 g/mol. The van der Waals surface area contributed by atoms with Gasteiger partial charge in [0.15, 0.2) is 11.2 Å². The number of nitrogens with one attached hydrogen (secondary N) is 1. The van der Waals surface area contributed by atoms with Gasteiger partial charge in [-0.15, -0.1) is 0 Å². The third kappa shape index (κ3) is 3.82. The molecule has 2 atom stereocenters. The molecule has 4 rings (SSSR count). The molecule has 2 amide bonds. The lowest BCUT2D eigenvalue weighted by molar-refractivity contribution is -0.124. The Kier molecular flexibility index (Phi) is 5.49. The Hall–Kier alpha value is -2.93. The first-order chi connectivity index (χ1) is 14.1. The van der Waals surface area contributed by atoms with Gasteiger partial charge in [-0.3, -0.25) is 9.59 Å². The predicted molar refractivity (Wildman–Crippen MR) is 116 cm³/mol. The van der Waals surface area contributed by atoms with E-state index in [1.165, 1.54) is 11.8 Å². The van der Waals surface area contributed by atoms with Crippen LogP contribution < -0.4 is 5.32 Å². The minimum Gasteiger partial charge on any atom is -0.353 e. The highest BCUT2D eigenvalue weighted by atomic mass is 32.2. The number of carbonyl (C=O) groups is 2. The zero-order chi connectivity index (χ0) is 20.4. The van der Waals surface area contributed by atoms with Gasteiger partial charge < -0.3 is 5.32 Å². The second-order valence-corrected chi connectivity index (χ2v) is 7.96. The van der Waals surface area contributed by atoms with E-state index < -0.39 is 6.04 Å². The monoisotopic (exact) mass is 406 g/mol. The summed E-state index contributed by atoms with van der Waals surface area (Å²) in [5.41, 5.74) is 2.43. The van der Waals surface area contributed by atoms with Crippen LogP contribution in [0.2, 0.25) is 0 Å². The van der Waals surface area contributed by atoms with Gasteiger partial charge in [0.2, 0.25) is 5.91 Å². The summed E-state index contributed by atoms with van der Waals surface area (Å²) in [6.07, 6.45) is 0.866. The van der Waals surface area contributed by atoms with Crippen molar-refractivity contribution in [3.8, 4) is 0 Å². The van der Waals surface area contributed by atoms with Crippen LogP contribution in [0.3, 0.4) is 0 Å². The van der Waals surface area contributed by atoms with Crippen molar-refractivity contribution in [3.63, 3.8) is 0 Å². The lowest BCUT2D eigenvalue weighted by Gasteiger charge is -2.25. The number of aliphatic imine (C=N–C) groups is 2. The molecule has 0 radical (unpaired) electrons. The van der Waals surface area contributed by atoms with Gasteiger partial charge in [0.1, 0.15) is 5.84 Å². The zero-order valence-corrected chi connectivity index (χ0v) is 17.1. The Morgan fingerprint density at radius 3 is 2.66 bits per heavy atom. The van der Waals surface area contributed by atoms with Crippen LogP contribution in [0.5, 0.6) is 0 Å². The number of hydrogen-bond donors (Lipinski definition) is 1. The number of thioether (sulfide) groups is 1. The van der Waals surface area contributed by atoms with Gasteiger partial charge in [0.05, 0.1) is 11.4 Å². The molecule has 2 aliphatic rings. The van der Waals surface area contributed by atoms with E-state index in [4.69, 9.17) is 4.99 Å². The van der Waals surface area contributed by atoms with Crippen molar-refractivity contribution in [2.24, 2.45) is 9.98 Å². The number of hydrogen-bond acceptors (Lipinski definition) is 5. The summed E-state index contributed by atoms with van der Waals surface area (Å²) in [7, 11) is 0. The van der Waals surface area contributed by atoms with Crippen molar-refractivity contribution in [3.05, 3.63) is 65.7 Å². The molecule has 6 nitrogen and oxygen atoms in total. The molecule has 1 N–H and O–H groups in total. The van der Waals surface area contributed by atoms with Gasteiger partial charge >= 0.3 is 0 Å². The number of carbonyl (C=O) groups excluding carboxylic acids is 2. The Labute approximate surface area is 174 Å². The van der Waals surface area contributed by atoms with E-state index >= 15 is 0 Å². The van der Waals surface area contributed by atoms with E-state index in [0.717, 1.165) is 23.2 Å². The third-order valence-corrected chi connectivity index (χ3v) is 5.88. The third-order valence-electron chi connectivity index (χ3n) is 4.94. The summed E-state index contributed by atoms with van der Waals surface area (Å²) < 4.78 is 0. The molecule has 0 unspecified atom stereocenters. The summed E-state index contributed by atoms with van der Waals surface area (Å²) in [5.74, 6) is 0.572. The van der Waals surface area contributed by atoms with Crippen LogP contribution >= 0.6 is 11.8 Å². The first kappa shape index (κ1) is 19.4. The molecule has 0 aromatic heterocycles. The summed E-state index contributed by atoms with van der Waals surface area (Å²) in [6, 6.07) is 16.7. The Morgan fingerprint density at radius 1 is 1.17 bits per heavy atom. The molecule has 0 spiro atoms. The number of amidine groups is 2. The fourth-order valence-electron chi connectivity index (χ4n) is 3.25. The number of nitrogens with zero attached hydrogens (tertiary/aromatic N) is 3. The van der Waals surface area contributed by atoms with Gasteiger partial charge in [-0.25, -0.2) is 14.9 Å². The molecule has 7 heteroatoms. The van der Waals surface area contributed by atoms with Crippen molar-refractivity contribution in [2.75, 3.05) is 5.75 Å². The smallest absolute Gasteiger partial charge is 0.263 e. The SMILES string of the molecule is CC[C@H](C)NC(=O)CSC1=Nc2ccccc2C2=N[C@H](c3ccccc3)C(=O)N12. The van der Waals surface area contributed by atoms with Crippen LogP contribution in [0.1, 0.15) is 37.4 Å². The first-order valence-corrected chi connectivity index (χ1v) is 10.6. The largest absolute Gasteiger partial charge is 0.353 e. The highest BCUT2D eigenvalue weighted by Crippen LogP contribution is 2.37. The van der Waals surface area contributed by atoms with Gasteiger partial charge in [0, 0.05) is 11.6 Å². The second-order valence-electron chi connectivity index (χ2n) is 7.02. The zero-order valence-electron chi connectivity index (χ0n) is 16.3. The topological polar surface area (TPSA) is 74.1 Å². The van der Waals surface area contributed by atoms with Crippen LogP contribution in [0.25, 0.3) is 0 Å². The highest BCUT2D eigenvalue weighted by Gasteiger charge is 2.42. The van der Waals surface area contributed by atoms with Crippen molar-refractivity contribution < 1.29 is 9.59 Å². The maximum Gasteiger partial charge on any atom is 0.263 e. The second kappa shape index (κ2) is 8.21. The summed E-state index contributed by atoms with van der Waals surface area (Å²) in [5, 5.41) is 3.44. The van der Waals surface area contributed by atoms with Gasteiger partial charge in [-0.05, 0) is 31.0 Å². The van der Waals surface area contributed by atoms with E-state index in [9.17, 15) is 9.59 Å². The molecule has 0 saturated heterocycles. The van der Waals surface area contributed by atoms with Crippen LogP contribution in [0.15, 0.2) is 64.6 Å². The van der Waals surface area contributed by atoms with E-state index in [2.05, 4.69) is 10.3 Å². The molecule has 29 heavy (non-hydrogen) atoms. The summed E-state index contributed by atoms with van der Waals surface area (Å²) >= 11 is 1.26. The van der Waals surface area contributed by atoms with Crippen LogP contribution in [-0.2, 0) is 9.59 Å². The molecule has 148 valence electrons. The quantitative estimate of drug-likeness (QED) is 0.823. The standard InChI is InChI=1S/C22H22N4O2S/c1-3-14(2)23-18(27)13-29-22-24-17-12-8-7-11-16(17)20-25-19(21(28)26(20)22)15-9-5-4-6-10-15/h4-12,14,19H,3,13H2,1-2H3,(H,23,27)/t14-,19+/m0/s1. The predicted octanol–water partition coefficient (Wildman–Crippen LogP) is 3.67. The average Bonchev–Trinajstić information content (AvgIpc) is 3.10. The summed E-state index contributed by atoms with van der Waals surface area (Å²) in [4.78, 5) is 36.4. The van der Waals surface area contributed by atoms with E-state index in [0.29, 0.717) is 11.0 Å². The lowest BCUT2D eigenvalue weighted by atomic mass is 10.1. The van der Waals surface area contributed by atoms with Gasteiger partial charge in [-0.1, -0.05) is 61.2 Å². The number of rotatable bonds is 5. The van der Waals surface area contributed by atoms with E-state index in [1.54, 1.807) is 4.90 Å². The molecule has 0 aliphatic carbocycles. The minimum absolute atomic E-state index is 0.0735. The number of para-hydroxylation sites is 1. The highest BCUT2D eigenvalue weighted by molar-refractivity contribution is 8.14.